The molecule has 1 fully saturated rings. The van der Waals surface area contributed by atoms with Crippen LogP contribution in [0.1, 0.15) is 15.9 Å². The van der Waals surface area contributed by atoms with Gasteiger partial charge < -0.3 is 21.3 Å². The van der Waals surface area contributed by atoms with Crippen LogP contribution in [0.25, 0.3) is 6.08 Å². The van der Waals surface area contributed by atoms with Crippen molar-refractivity contribution in [3.63, 3.8) is 0 Å². The van der Waals surface area contributed by atoms with Crippen LogP contribution >= 0.6 is 11.8 Å². The van der Waals surface area contributed by atoms with Crippen LogP contribution in [0.2, 0.25) is 0 Å². The molecule has 0 aromatic heterocycles. The number of hydrogen-bond acceptors (Lipinski definition) is 6. The maximum Gasteiger partial charge on any atom is 0.255 e. The largest absolute Gasteiger partial charge is 0.399 e. The molecular weight excluding hydrogens is 326 g/mol. The third-order valence-electron chi connectivity index (χ3n) is 3.44. The van der Waals surface area contributed by atoms with Crippen LogP contribution in [0, 0.1) is 0 Å². The highest BCUT2D eigenvalue weighted by Gasteiger charge is 2.25. The lowest BCUT2D eigenvalue weighted by Crippen LogP contribution is -2.28. The van der Waals surface area contributed by atoms with E-state index in [4.69, 9.17) is 5.73 Å². The molecule has 2 unspecified atom stereocenters. The molecule has 1 amide bonds. The summed E-state index contributed by atoms with van der Waals surface area (Å²) in [6.07, 6.45) is 0.871. The SMILES string of the molecule is Nc1ccc(C(=O)Nc2cccc(/C=C3\SC(O)NC3O)c2)cc1. The zero-order valence-electron chi connectivity index (χ0n) is 12.6. The minimum Gasteiger partial charge on any atom is -0.399 e. The second-order valence-electron chi connectivity index (χ2n) is 5.29. The number of nitrogens with one attached hydrogen (secondary N) is 2. The Bertz CT molecular complexity index is 777. The minimum absolute atomic E-state index is 0.229. The maximum absolute atomic E-state index is 12.2. The first kappa shape index (κ1) is 16.5. The molecule has 24 heavy (non-hydrogen) atoms. The van der Waals surface area contributed by atoms with Crippen molar-refractivity contribution in [1.82, 2.24) is 5.32 Å². The second-order valence-corrected chi connectivity index (χ2v) is 6.44. The van der Waals surface area contributed by atoms with Crippen molar-refractivity contribution in [3.8, 4) is 0 Å². The van der Waals surface area contributed by atoms with E-state index in [9.17, 15) is 15.0 Å². The normalized spacial score (nSPS) is 21.8. The Morgan fingerprint density at radius 3 is 2.62 bits per heavy atom. The Kier molecular flexibility index (Phi) is 4.86. The average molecular weight is 343 g/mol. The summed E-state index contributed by atoms with van der Waals surface area (Å²) >= 11 is 1.14. The lowest BCUT2D eigenvalue weighted by molar-refractivity contribution is 0.102. The lowest BCUT2D eigenvalue weighted by Gasteiger charge is -2.07. The van der Waals surface area contributed by atoms with Crippen LogP contribution in [0.15, 0.2) is 53.4 Å². The van der Waals surface area contributed by atoms with Gasteiger partial charge in [0.1, 0.15) is 6.23 Å². The summed E-state index contributed by atoms with van der Waals surface area (Å²) in [5.41, 5.74) is 7.36. The summed E-state index contributed by atoms with van der Waals surface area (Å²) < 4.78 is 0. The molecule has 0 aliphatic carbocycles. The number of aliphatic hydroxyl groups is 2. The second kappa shape index (κ2) is 7.06. The van der Waals surface area contributed by atoms with Gasteiger partial charge in [-0.15, -0.1) is 0 Å². The Balaban J connectivity index is 1.75. The number of benzene rings is 2. The molecule has 6 nitrogen and oxygen atoms in total. The third kappa shape index (κ3) is 3.95. The predicted molar refractivity (Wildman–Crippen MR) is 96.0 cm³/mol. The number of aliphatic hydroxyl groups excluding tert-OH is 2. The molecule has 6 N–H and O–H groups in total. The van der Waals surface area contributed by atoms with Crippen LogP contribution in [0.3, 0.4) is 0 Å². The van der Waals surface area contributed by atoms with Gasteiger partial charge in [0, 0.05) is 21.8 Å². The van der Waals surface area contributed by atoms with Gasteiger partial charge in [-0.3, -0.25) is 10.1 Å². The first-order valence-electron chi connectivity index (χ1n) is 7.29. The molecule has 1 aliphatic rings. The Morgan fingerprint density at radius 2 is 1.96 bits per heavy atom. The predicted octanol–water partition coefficient (Wildman–Crippen LogP) is 1.79. The summed E-state index contributed by atoms with van der Waals surface area (Å²) in [4.78, 5) is 12.8. The summed E-state index contributed by atoms with van der Waals surface area (Å²) in [6.45, 7) is 0. The van der Waals surface area contributed by atoms with E-state index in [1.54, 1.807) is 48.5 Å². The molecular formula is C17H17N3O3S. The highest BCUT2D eigenvalue weighted by molar-refractivity contribution is 8.03. The molecule has 124 valence electrons. The van der Waals surface area contributed by atoms with Gasteiger partial charge in [0.05, 0.1) is 0 Å². The van der Waals surface area contributed by atoms with Crippen molar-refractivity contribution in [2.45, 2.75) is 11.8 Å². The molecule has 2 aromatic carbocycles. The van der Waals surface area contributed by atoms with Gasteiger partial charge in [0.25, 0.3) is 5.91 Å². The molecule has 1 saturated heterocycles. The minimum atomic E-state index is -0.891. The van der Waals surface area contributed by atoms with Gasteiger partial charge in [-0.2, -0.15) is 0 Å². The fraction of sp³-hybridized carbons (Fsp3) is 0.118. The number of amides is 1. The fourth-order valence-corrected chi connectivity index (χ4v) is 3.12. The summed E-state index contributed by atoms with van der Waals surface area (Å²) in [5, 5.41) is 24.6. The molecule has 3 rings (SSSR count). The lowest BCUT2D eigenvalue weighted by atomic mass is 10.1. The molecule has 0 bridgehead atoms. The number of thioether (sulfide) groups is 1. The fourth-order valence-electron chi connectivity index (χ4n) is 2.27. The van der Waals surface area contributed by atoms with Gasteiger partial charge in [0.2, 0.25) is 0 Å². The quantitative estimate of drug-likeness (QED) is 0.544. The molecule has 7 heteroatoms. The monoisotopic (exact) mass is 343 g/mol. The van der Waals surface area contributed by atoms with Crippen molar-refractivity contribution in [2.24, 2.45) is 0 Å². The van der Waals surface area contributed by atoms with Crippen LogP contribution in [0.4, 0.5) is 11.4 Å². The number of anilines is 2. The van der Waals surface area contributed by atoms with Crippen molar-refractivity contribution < 1.29 is 15.0 Å². The van der Waals surface area contributed by atoms with Crippen LogP contribution in [0.5, 0.6) is 0 Å². The number of hydrogen-bond donors (Lipinski definition) is 5. The van der Waals surface area contributed by atoms with Crippen LogP contribution in [-0.4, -0.2) is 27.9 Å². The van der Waals surface area contributed by atoms with Gasteiger partial charge in [0.15, 0.2) is 5.56 Å². The summed E-state index contributed by atoms with van der Waals surface area (Å²) in [6, 6.07) is 13.9. The molecule has 0 spiro atoms. The summed E-state index contributed by atoms with van der Waals surface area (Å²) in [5.74, 6) is -0.229. The Hall–Kier alpha value is -2.32. The highest BCUT2D eigenvalue weighted by Crippen LogP contribution is 2.30. The Morgan fingerprint density at radius 1 is 1.21 bits per heavy atom. The first-order chi connectivity index (χ1) is 11.5. The van der Waals surface area contributed by atoms with E-state index < -0.39 is 11.8 Å². The average Bonchev–Trinajstić information content (AvgIpc) is 2.86. The number of nitrogens with two attached hydrogens (primary N) is 1. The number of carbonyl (C=O) groups excluding carboxylic acids is 1. The van der Waals surface area contributed by atoms with Gasteiger partial charge in [-0.25, -0.2) is 0 Å². The van der Waals surface area contributed by atoms with Gasteiger partial charge in [-0.1, -0.05) is 23.9 Å². The van der Waals surface area contributed by atoms with Gasteiger partial charge in [-0.05, 0) is 48.0 Å². The van der Waals surface area contributed by atoms with E-state index >= 15 is 0 Å². The highest BCUT2D eigenvalue weighted by atomic mass is 32.2. The molecule has 2 atom stereocenters. The van der Waals surface area contributed by atoms with E-state index in [-0.39, 0.29) is 5.91 Å². The summed E-state index contributed by atoms with van der Waals surface area (Å²) in [7, 11) is 0. The molecule has 1 aliphatic heterocycles. The van der Waals surface area contributed by atoms with E-state index in [1.165, 1.54) is 0 Å². The number of nitrogen functional groups attached to an aromatic ring is 1. The van der Waals surface area contributed by atoms with Crippen molar-refractivity contribution in [1.29, 1.82) is 0 Å². The Labute approximate surface area is 143 Å². The van der Waals surface area contributed by atoms with Crippen molar-refractivity contribution in [3.05, 3.63) is 64.6 Å². The zero-order valence-corrected chi connectivity index (χ0v) is 13.5. The number of carbonyl (C=O) groups is 1. The molecule has 1 heterocycles. The van der Waals surface area contributed by atoms with E-state index in [1.807, 2.05) is 6.07 Å². The van der Waals surface area contributed by atoms with E-state index in [0.29, 0.717) is 21.8 Å². The smallest absolute Gasteiger partial charge is 0.255 e. The van der Waals surface area contributed by atoms with Crippen molar-refractivity contribution in [2.75, 3.05) is 11.1 Å². The first-order valence-corrected chi connectivity index (χ1v) is 8.16. The number of rotatable bonds is 3. The zero-order chi connectivity index (χ0) is 17.1. The van der Waals surface area contributed by atoms with Crippen LogP contribution in [-0.2, 0) is 0 Å². The maximum atomic E-state index is 12.2. The van der Waals surface area contributed by atoms with Gasteiger partial charge >= 0.3 is 0 Å². The van der Waals surface area contributed by atoms with Crippen molar-refractivity contribution >= 4 is 35.1 Å². The molecule has 0 radical (unpaired) electrons. The van der Waals surface area contributed by atoms with E-state index in [0.717, 1.165) is 17.3 Å². The molecule has 2 aromatic rings. The van der Waals surface area contributed by atoms with E-state index in [2.05, 4.69) is 10.6 Å². The topological polar surface area (TPSA) is 108 Å². The third-order valence-corrected chi connectivity index (χ3v) is 4.42. The standard InChI is InChI=1S/C17H17N3O3S/c18-12-6-4-11(5-7-12)15(21)19-13-3-1-2-10(8-13)9-14-16(22)20-17(23)24-14/h1-9,16-17,20,22-23H,18H2,(H,19,21)/b14-9-. The van der Waals surface area contributed by atoms with Crippen LogP contribution < -0.4 is 16.4 Å². The molecule has 0 saturated carbocycles.